The third-order valence-electron chi connectivity index (χ3n) is 3.81. The van der Waals surface area contributed by atoms with Crippen molar-refractivity contribution in [3.8, 4) is 0 Å². The van der Waals surface area contributed by atoms with E-state index in [2.05, 4.69) is 5.32 Å². The fraction of sp³-hybridized carbons (Fsp3) is 0.929. The average Bonchev–Trinajstić information content (AvgIpc) is 2.93. The van der Waals surface area contributed by atoms with Gasteiger partial charge in [-0.15, -0.1) is 0 Å². The van der Waals surface area contributed by atoms with Crippen LogP contribution in [-0.2, 0) is 14.8 Å². The zero-order chi connectivity index (χ0) is 15.9. The topological polar surface area (TPSA) is 86.7 Å². The molecule has 0 aromatic rings. The Morgan fingerprint density at radius 2 is 2.19 bits per heavy atom. The van der Waals surface area contributed by atoms with Crippen molar-refractivity contribution in [1.29, 1.82) is 0 Å². The van der Waals surface area contributed by atoms with Crippen LogP contribution in [0.1, 0.15) is 46.0 Å². The lowest BCUT2D eigenvalue weighted by Gasteiger charge is -2.23. The smallest absolute Gasteiger partial charge is 0.238 e. The maximum atomic E-state index is 12.2. The molecule has 0 saturated carbocycles. The minimum Gasteiger partial charge on any atom is -0.396 e. The molecule has 1 saturated heterocycles. The number of carbonyl (C=O) groups excluding carboxylic acids is 1. The molecule has 2 atom stereocenters. The van der Waals surface area contributed by atoms with Crippen molar-refractivity contribution < 1.29 is 18.3 Å². The molecule has 7 heteroatoms. The summed E-state index contributed by atoms with van der Waals surface area (Å²) in [6.07, 6.45) is 3.54. The Morgan fingerprint density at radius 1 is 1.48 bits per heavy atom. The highest BCUT2D eigenvalue weighted by Crippen LogP contribution is 2.22. The van der Waals surface area contributed by atoms with E-state index >= 15 is 0 Å². The summed E-state index contributed by atoms with van der Waals surface area (Å²) in [7, 11) is -3.31. The summed E-state index contributed by atoms with van der Waals surface area (Å²) in [5.41, 5.74) is 0. The van der Waals surface area contributed by atoms with Gasteiger partial charge in [0.2, 0.25) is 15.9 Å². The summed E-state index contributed by atoms with van der Waals surface area (Å²) < 4.78 is 25.6. The summed E-state index contributed by atoms with van der Waals surface area (Å²) in [5.74, 6) is 0.142. The molecular formula is C14H28N2O4S. The van der Waals surface area contributed by atoms with Crippen molar-refractivity contribution in [3.05, 3.63) is 0 Å². The number of rotatable bonds is 9. The van der Waals surface area contributed by atoms with E-state index in [0.29, 0.717) is 25.9 Å². The zero-order valence-electron chi connectivity index (χ0n) is 13.0. The van der Waals surface area contributed by atoms with E-state index in [1.807, 2.05) is 13.8 Å². The van der Waals surface area contributed by atoms with Crippen LogP contribution in [0.4, 0.5) is 0 Å². The van der Waals surface area contributed by atoms with Gasteiger partial charge >= 0.3 is 0 Å². The quantitative estimate of drug-likeness (QED) is 0.613. The van der Waals surface area contributed by atoms with Gasteiger partial charge in [0.1, 0.15) is 6.04 Å². The molecule has 1 aliphatic rings. The Kier molecular flexibility index (Phi) is 7.62. The van der Waals surface area contributed by atoms with Gasteiger partial charge in [-0.05, 0) is 38.0 Å². The number of amides is 1. The van der Waals surface area contributed by atoms with Gasteiger partial charge < -0.3 is 10.4 Å². The largest absolute Gasteiger partial charge is 0.396 e. The monoisotopic (exact) mass is 320 g/mol. The maximum absolute atomic E-state index is 12.2. The summed E-state index contributed by atoms with van der Waals surface area (Å²) >= 11 is 0. The lowest BCUT2D eigenvalue weighted by Crippen LogP contribution is -2.46. The average molecular weight is 320 g/mol. The van der Waals surface area contributed by atoms with Gasteiger partial charge in [-0.1, -0.05) is 13.8 Å². The first-order valence-corrected chi connectivity index (χ1v) is 9.41. The van der Waals surface area contributed by atoms with Crippen molar-refractivity contribution in [1.82, 2.24) is 9.62 Å². The molecule has 1 rings (SSSR count). The number of carbonyl (C=O) groups is 1. The first-order valence-electron chi connectivity index (χ1n) is 7.80. The van der Waals surface area contributed by atoms with Gasteiger partial charge in [-0.3, -0.25) is 4.79 Å². The molecule has 1 heterocycles. The first-order chi connectivity index (χ1) is 9.92. The van der Waals surface area contributed by atoms with Crippen LogP contribution in [0, 0.1) is 5.92 Å². The van der Waals surface area contributed by atoms with Crippen molar-refractivity contribution in [2.24, 2.45) is 5.92 Å². The number of sulfonamides is 1. The fourth-order valence-electron chi connectivity index (χ4n) is 2.58. The number of hydrogen-bond acceptors (Lipinski definition) is 4. The molecule has 1 aliphatic heterocycles. The molecule has 0 spiro atoms. The van der Waals surface area contributed by atoms with Crippen LogP contribution in [-0.4, -0.2) is 55.2 Å². The highest BCUT2D eigenvalue weighted by Gasteiger charge is 2.37. The van der Waals surface area contributed by atoms with Gasteiger partial charge in [0.25, 0.3) is 0 Å². The minimum atomic E-state index is -3.31. The summed E-state index contributed by atoms with van der Waals surface area (Å²) in [4.78, 5) is 12.2. The Bertz CT molecular complexity index is 425. The third-order valence-corrected chi connectivity index (χ3v) is 5.89. The van der Waals surface area contributed by atoms with Crippen LogP contribution in [0.3, 0.4) is 0 Å². The van der Waals surface area contributed by atoms with Gasteiger partial charge in [-0.2, -0.15) is 4.31 Å². The normalized spacial score (nSPS) is 21.4. The van der Waals surface area contributed by atoms with Gasteiger partial charge in [0.05, 0.1) is 5.75 Å². The Labute approximate surface area is 128 Å². The zero-order valence-corrected chi connectivity index (χ0v) is 13.9. The van der Waals surface area contributed by atoms with E-state index in [1.54, 1.807) is 0 Å². The fourth-order valence-corrected chi connectivity index (χ4v) is 4.33. The van der Waals surface area contributed by atoms with Gasteiger partial charge in [0, 0.05) is 19.7 Å². The standard InChI is InChI=1S/C14H28N2O4S/c1-3-10-21(19,20)16-9-5-7-13(16)14(18)15-8-4-6-12(2)11-17/h12-13,17H,3-11H2,1-2H3,(H,15,18). The first kappa shape index (κ1) is 18.4. The van der Waals surface area contributed by atoms with Crippen LogP contribution >= 0.6 is 0 Å². The van der Waals surface area contributed by atoms with E-state index in [0.717, 1.165) is 19.3 Å². The molecule has 0 aromatic carbocycles. The third kappa shape index (κ3) is 5.56. The molecule has 0 aromatic heterocycles. The number of nitrogens with one attached hydrogen (secondary N) is 1. The summed E-state index contributed by atoms with van der Waals surface area (Å²) in [5, 5.41) is 11.8. The second kappa shape index (κ2) is 8.70. The Balaban J connectivity index is 2.46. The maximum Gasteiger partial charge on any atom is 0.238 e. The minimum absolute atomic E-state index is 0.102. The predicted octanol–water partition coefficient (Wildman–Crippen LogP) is 0.715. The molecule has 2 unspecified atom stereocenters. The Hall–Kier alpha value is -0.660. The van der Waals surface area contributed by atoms with E-state index in [1.165, 1.54) is 4.31 Å². The second-order valence-corrected chi connectivity index (χ2v) is 7.85. The highest BCUT2D eigenvalue weighted by atomic mass is 32.2. The van der Waals surface area contributed by atoms with Crippen LogP contribution in [0.25, 0.3) is 0 Å². The molecular weight excluding hydrogens is 292 g/mol. The molecule has 0 bridgehead atoms. The van der Waals surface area contributed by atoms with Gasteiger partial charge in [0.15, 0.2) is 0 Å². The molecule has 1 amide bonds. The van der Waals surface area contributed by atoms with E-state index in [4.69, 9.17) is 5.11 Å². The van der Waals surface area contributed by atoms with Crippen molar-refractivity contribution in [2.75, 3.05) is 25.4 Å². The molecule has 6 nitrogen and oxygen atoms in total. The predicted molar refractivity (Wildman–Crippen MR) is 82.3 cm³/mol. The van der Waals surface area contributed by atoms with Crippen LogP contribution in [0.2, 0.25) is 0 Å². The van der Waals surface area contributed by atoms with Crippen molar-refractivity contribution in [2.45, 2.75) is 52.0 Å². The number of hydrogen-bond donors (Lipinski definition) is 2. The molecule has 21 heavy (non-hydrogen) atoms. The SMILES string of the molecule is CCCS(=O)(=O)N1CCCC1C(=O)NCCCC(C)CO. The number of aliphatic hydroxyl groups excluding tert-OH is 1. The lowest BCUT2D eigenvalue weighted by molar-refractivity contribution is -0.124. The molecule has 1 fully saturated rings. The number of nitrogens with zero attached hydrogens (tertiary/aromatic N) is 1. The number of aliphatic hydroxyl groups is 1. The lowest BCUT2D eigenvalue weighted by atomic mass is 10.1. The van der Waals surface area contributed by atoms with Gasteiger partial charge in [-0.25, -0.2) is 8.42 Å². The molecule has 0 aliphatic carbocycles. The van der Waals surface area contributed by atoms with E-state index < -0.39 is 16.1 Å². The van der Waals surface area contributed by atoms with E-state index in [-0.39, 0.29) is 24.2 Å². The van der Waals surface area contributed by atoms with Crippen LogP contribution in [0.15, 0.2) is 0 Å². The second-order valence-electron chi connectivity index (χ2n) is 5.81. The molecule has 2 N–H and O–H groups in total. The van der Waals surface area contributed by atoms with Crippen molar-refractivity contribution >= 4 is 15.9 Å². The summed E-state index contributed by atoms with van der Waals surface area (Å²) in [6, 6.07) is -0.545. The molecule has 0 radical (unpaired) electrons. The highest BCUT2D eigenvalue weighted by molar-refractivity contribution is 7.89. The Morgan fingerprint density at radius 3 is 2.81 bits per heavy atom. The van der Waals surface area contributed by atoms with Crippen LogP contribution in [0.5, 0.6) is 0 Å². The molecule has 124 valence electrons. The van der Waals surface area contributed by atoms with Crippen molar-refractivity contribution in [3.63, 3.8) is 0 Å². The summed E-state index contributed by atoms with van der Waals surface area (Å²) in [6.45, 7) is 4.91. The van der Waals surface area contributed by atoms with E-state index in [9.17, 15) is 13.2 Å². The van der Waals surface area contributed by atoms with Crippen LogP contribution < -0.4 is 5.32 Å².